The number of nitrogens with one attached hydrogen (secondary N) is 2. The van der Waals surface area contributed by atoms with Gasteiger partial charge in [-0.1, -0.05) is 6.58 Å². The first-order valence-corrected chi connectivity index (χ1v) is 7.47. The van der Waals surface area contributed by atoms with E-state index in [0.717, 1.165) is 11.3 Å². The summed E-state index contributed by atoms with van der Waals surface area (Å²) in [4.78, 5) is 12.2. The van der Waals surface area contributed by atoms with Crippen LogP contribution in [0.2, 0.25) is 0 Å². The number of benzene rings is 2. The lowest BCUT2D eigenvalue weighted by Gasteiger charge is -2.19. The normalized spacial score (nSPS) is 12.2. The van der Waals surface area contributed by atoms with E-state index < -0.39 is 0 Å². The van der Waals surface area contributed by atoms with Crippen molar-refractivity contribution in [1.82, 2.24) is 10.9 Å². The van der Waals surface area contributed by atoms with Gasteiger partial charge in [0, 0.05) is 5.56 Å². The van der Waals surface area contributed by atoms with Gasteiger partial charge in [0.05, 0.1) is 12.8 Å². The number of ether oxygens (including phenoxy) is 3. The Labute approximate surface area is 140 Å². The quantitative estimate of drug-likeness (QED) is 0.826. The standard InChI is InChI=1S/C18H18N2O4/c1-12(13-3-6-15(22-2)7-4-13)19-20-18(21)14-5-8-16-17(11-14)24-10-9-23-16/h3-8,11,19H,1,9-10H2,2H3,(H,20,21). The van der Waals surface area contributed by atoms with Gasteiger partial charge in [-0.15, -0.1) is 0 Å². The molecule has 0 fully saturated rings. The van der Waals surface area contributed by atoms with Crippen molar-refractivity contribution < 1.29 is 19.0 Å². The minimum atomic E-state index is -0.290. The second-order valence-electron chi connectivity index (χ2n) is 5.14. The van der Waals surface area contributed by atoms with Crippen LogP contribution in [-0.2, 0) is 0 Å². The van der Waals surface area contributed by atoms with Crippen LogP contribution >= 0.6 is 0 Å². The van der Waals surface area contributed by atoms with Crippen molar-refractivity contribution in [3.8, 4) is 17.2 Å². The molecule has 24 heavy (non-hydrogen) atoms. The molecule has 6 nitrogen and oxygen atoms in total. The van der Waals surface area contributed by atoms with E-state index in [0.29, 0.717) is 36.0 Å². The predicted octanol–water partition coefficient (Wildman–Crippen LogP) is 2.37. The fraction of sp³-hybridized carbons (Fsp3) is 0.167. The Balaban J connectivity index is 1.61. The number of hydrogen-bond donors (Lipinski definition) is 2. The highest BCUT2D eigenvalue weighted by Gasteiger charge is 2.15. The molecule has 3 rings (SSSR count). The third-order valence-corrected chi connectivity index (χ3v) is 3.57. The highest BCUT2D eigenvalue weighted by Crippen LogP contribution is 2.30. The van der Waals surface area contributed by atoms with E-state index in [4.69, 9.17) is 14.2 Å². The molecule has 124 valence electrons. The van der Waals surface area contributed by atoms with E-state index in [1.54, 1.807) is 25.3 Å². The third-order valence-electron chi connectivity index (χ3n) is 3.57. The Bertz CT molecular complexity index is 756. The molecule has 2 aromatic rings. The maximum absolute atomic E-state index is 12.2. The van der Waals surface area contributed by atoms with E-state index >= 15 is 0 Å². The average molecular weight is 326 g/mol. The van der Waals surface area contributed by atoms with Crippen molar-refractivity contribution in [3.05, 3.63) is 60.2 Å². The van der Waals surface area contributed by atoms with Gasteiger partial charge in [0.2, 0.25) is 0 Å². The van der Waals surface area contributed by atoms with E-state index in [1.807, 2.05) is 24.3 Å². The molecule has 0 aliphatic carbocycles. The van der Waals surface area contributed by atoms with E-state index in [1.165, 1.54) is 0 Å². The lowest BCUT2D eigenvalue weighted by molar-refractivity contribution is 0.0941. The zero-order chi connectivity index (χ0) is 16.9. The number of hydrazine groups is 1. The van der Waals surface area contributed by atoms with Gasteiger partial charge in [-0.05, 0) is 48.0 Å². The van der Waals surface area contributed by atoms with Gasteiger partial charge in [-0.2, -0.15) is 0 Å². The van der Waals surface area contributed by atoms with Crippen LogP contribution in [-0.4, -0.2) is 26.2 Å². The third kappa shape index (κ3) is 3.43. The predicted molar refractivity (Wildman–Crippen MR) is 90.1 cm³/mol. The van der Waals surface area contributed by atoms with Crippen LogP contribution in [0.4, 0.5) is 0 Å². The Kier molecular flexibility index (Phi) is 4.56. The molecule has 0 radical (unpaired) electrons. The number of carbonyl (C=O) groups excluding carboxylic acids is 1. The van der Waals surface area contributed by atoms with Crippen molar-refractivity contribution in [2.45, 2.75) is 0 Å². The molecule has 2 N–H and O–H groups in total. The molecule has 0 saturated heterocycles. The lowest BCUT2D eigenvalue weighted by atomic mass is 10.1. The zero-order valence-corrected chi connectivity index (χ0v) is 13.3. The lowest BCUT2D eigenvalue weighted by Crippen LogP contribution is -2.35. The molecule has 2 aromatic carbocycles. The summed E-state index contributed by atoms with van der Waals surface area (Å²) >= 11 is 0. The minimum Gasteiger partial charge on any atom is -0.497 e. The van der Waals surface area contributed by atoms with Gasteiger partial charge in [-0.3, -0.25) is 15.6 Å². The Morgan fingerprint density at radius 1 is 1.00 bits per heavy atom. The van der Waals surface area contributed by atoms with Crippen LogP contribution in [0.25, 0.3) is 5.70 Å². The number of rotatable bonds is 5. The van der Waals surface area contributed by atoms with Crippen LogP contribution in [0.5, 0.6) is 17.2 Å². The second kappa shape index (κ2) is 6.95. The molecule has 1 heterocycles. The monoisotopic (exact) mass is 326 g/mol. The van der Waals surface area contributed by atoms with Crippen molar-refractivity contribution in [3.63, 3.8) is 0 Å². The first-order valence-electron chi connectivity index (χ1n) is 7.47. The zero-order valence-electron chi connectivity index (χ0n) is 13.3. The number of amides is 1. The van der Waals surface area contributed by atoms with Crippen LogP contribution in [0, 0.1) is 0 Å². The molecule has 1 aliphatic heterocycles. The first kappa shape index (κ1) is 15.7. The van der Waals surface area contributed by atoms with Crippen molar-refractivity contribution in [2.24, 2.45) is 0 Å². The molecule has 1 amide bonds. The maximum atomic E-state index is 12.2. The Morgan fingerprint density at radius 2 is 1.67 bits per heavy atom. The molecular weight excluding hydrogens is 308 g/mol. The van der Waals surface area contributed by atoms with Crippen LogP contribution in [0.1, 0.15) is 15.9 Å². The number of methoxy groups -OCH3 is 1. The molecule has 0 atom stereocenters. The summed E-state index contributed by atoms with van der Waals surface area (Å²) in [6.07, 6.45) is 0. The topological polar surface area (TPSA) is 68.8 Å². The molecule has 0 unspecified atom stereocenters. The summed E-state index contributed by atoms with van der Waals surface area (Å²) in [6.45, 7) is 4.90. The first-order chi connectivity index (χ1) is 11.7. The van der Waals surface area contributed by atoms with Gasteiger partial charge in [0.15, 0.2) is 11.5 Å². The molecule has 0 spiro atoms. The average Bonchev–Trinajstić information content (AvgIpc) is 2.65. The largest absolute Gasteiger partial charge is 0.497 e. The molecular formula is C18H18N2O4. The molecule has 0 saturated carbocycles. The summed E-state index contributed by atoms with van der Waals surface area (Å²) in [6, 6.07) is 12.4. The van der Waals surface area contributed by atoms with Crippen molar-refractivity contribution in [2.75, 3.05) is 20.3 Å². The second-order valence-corrected chi connectivity index (χ2v) is 5.14. The summed E-state index contributed by atoms with van der Waals surface area (Å²) in [5, 5.41) is 0. The van der Waals surface area contributed by atoms with Gasteiger partial charge < -0.3 is 14.2 Å². The molecule has 6 heteroatoms. The van der Waals surface area contributed by atoms with Crippen molar-refractivity contribution in [1.29, 1.82) is 0 Å². The number of hydrogen-bond acceptors (Lipinski definition) is 5. The minimum absolute atomic E-state index is 0.290. The summed E-state index contributed by atoms with van der Waals surface area (Å²) in [7, 11) is 1.61. The molecule has 1 aliphatic rings. The van der Waals surface area contributed by atoms with E-state index in [2.05, 4.69) is 17.4 Å². The van der Waals surface area contributed by atoms with Gasteiger partial charge in [-0.25, -0.2) is 0 Å². The summed E-state index contributed by atoms with van der Waals surface area (Å²) in [5.41, 5.74) is 7.31. The summed E-state index contributed by atoms with van der Waals surface area (Å²) in [5.74, 6) is 1.68. The maximum Gasteiger partial charge on any atom is 0.269 e. The molecule has 0 bridgehead atoms. The number of carbonyl (C=O) groups is 1. The van der Waals surface area contributed by atoms with Gasteiger partial charge in [0.1, 0.15) is 19.0 Å². The van der Waals surface area contributed by atoms with Crippen LogP contribution < -0.4 is 25.1 Å². The highest BCUT2D eigenvalue weighted by atomic mass is 16.6. The van der Waals surface area contributed by atoms with Crippen molar-refractivity contribution >= 4 is 11.6 Å². The Morgan fingerprint density at radius 3 is 2.38 bits per heavy atom. The fourth-order valence-electron chi connectivity index (χ4n) is 2.25. The Hall–Kier alpha value is -3.15. The van der Waals surface area contributed by atoms with Crippen LogP contribution in [0.3, 0.4) is 0 Å². The van der Waals surface area contributed by atoms with Gasteiger partial charge >= 0.3 is 0 Å². The number of fused-ring (bicyclic) bond motifs is 1. The summed E-state index contributed by atoms with van der Waals surface area (Å²) < 4.78 is 16.0. The van der Waals surface area contributed by atoms with Crippen LogP contribution in [0.15, 0.2) is 49.0 Å². The van der Waals surface area contributed by atoms with Gasteiger partial charge in [0.25, 0.3) is 5.91 Å². The molecule has 0 aromatic heterocycles. The van der Waals surface area contributed by atoms with E-state index in [-0.39, 0.29) is 5.91 Å². The SMILES string of the molecule is C=C(NNC(=O)c1ccc2c(c1)OCCO2)c1ccc(OC)cc1. The highest BCUT2D eigenvalue weighted by molar-refractivity contribution is 5.95. The van der Waals surface area contributed by atoms with E-state index in [9.17, 15) is 4.79 Å². The smallest absolute Gasteiger partial charge is 0.269 e. The fourth-order valence-corrected chi connectivity index (χ4v) is 2.25.